The van der Waals surface area contributed by atoms with Gasteiger partial charge >= 0.3 is 5.97 Å². The average Bonchev–Trinajstić information content (AvgIpc) is 2.49. The summed E-state index contributed by atoms with van der Waals surface area (Å²) in [5.41, 5.74) is 0. The van der Waals surface area contributed by atoms with Gasteiger partial charge in [0, 0.05) is 11.6 Å². The first kappa shape index (κ1) is 17.8. The fraction of sp³-hybridized carbons (Fsp3) is 0.357. The molecule has 2 amide bonds. The van der Waals surface area contributed by atoms with Crippen LogP contribution in [0.5, 0.6) is 5.75 Å². The Bertz CT molecular complexity index is 536. The summed E-state index contributed by atoms with van der Waals surface area (Å²) in [6.45, 7) is 1.26. The van der Waals surface area contributed by atoms with Gasteiger partial charge < -0.3 is 20.1 Å². The molecule has 0 atom stereocenters. The molecule has 22 heavy (non-hydrogen) atoms. The molecule has 0 saturated carbocycles. The molecule has 1 aromatic carbocycles. The number of hydrogen-bond donors (Lipinski definition) is 2. The monoisotopic (exact) mass is 328 g/mol. The topological polar surface area (TPSA) is 93.7 Å². The number of halogens is 1. The van der Waals surface area contributed by atoms with Gasteiger partial charge in [0.05, 0.1) is 6.54 Å². The highest BCUT2D eigenvalue weighted by Gasteiger charge is 2.09. The lowest BCUT2D eigenvalue weighted by atomic mass is 10.3. The number of esters is 1. The molecule has 1 aromatic rings. The van der Waals surface area contributed by atoms with Gasteiger partial charge in [-0.2, -0.15) is 0 Å². The van der Waals surface area contributed by atoms with E-state index in [9.17, 15) is 14.4 Å². The fourth-order valence-electron chi connectivity index (χ4n) is 1.38. The van der Waals surface area contributed by atoms with E-state index in [0.29, 0.717) is 17.3 Å². The highest BCUT2D eigenvalue weighted by Crippen LogP contribution is 2.16. The van der Waals surface area contributed by atoms with Crippen molar-refractivity contribution >= 4 is 29.4 Å². The minimum Gasteiger partial charge on any atom is -0.482 e. The first-order valence-electron chi connectivity index (χ1n) is 6.58. The summed E-state index contributed by atoms with van der Waals surface area (Å²) in [6.07, 6.45) is 0. The van der Waals surface area contributed by atoms with Crippen molar-refractivity contribution < 1.29 is 23.9 Å². The lowest BCUT2D eigenvalue weighted by molar-refractivity contribution is -0.150. The number of nitrogens with one attached hydrogen (secondary N) is 2. The molecule has 0 bridgehead atoms. The maximum absolute atomic E-state index is 11.4. The van der Waals surface area contributed by atoms with Gasteiger partial charge in [-0.15, -0.1) is 0 Å². The van der Waals surface area contributed by atoms with E-state index < -0.39 is 18.5 Å². The van der Waals surface area contributed by atoms with Gasteiger partial charge in [-0.3, -0.25) is 9.59 Å². The molecule has 0 saturated heterocycles. The van der Waals surface area contributed by atoms with Crippen molar-refractivity contribution in [1.29, 1.82) is 0 Å². The highest BCUT2D eigenvalue weighted by atomic mass is 35.5. The highest BCUT2D eigenvalue weighted by molar-refractivity contribution is 6.30. The largest absolute Gasteiger partial charge is 0.482 e. The maximum Gasteiger partial charge on any atom is 0.344 e. The zero-order valence-corrected chi connectivity index (χ0v) is 12.8. The molecule has 0 aromatic heterocycles. The Morgan fingerprint density at radius 3 is 2.59 bits per heavy atom. The van der Waals surface area contributed by atoms with E-state index in [2.05, 4.69) is 10.6 Å². The normalized spacial score (nSPS) is 9.73. The Balaban J connectivity index is 2.20. The molecule has 0 spiro atoms. The standard InChI is InChI=1S/C14H17ClN2O5/c1-2-16-12(18)7-17-13(19)8-22-14(20)9-21-11-5-3-4-10(15)6-11/h3-6H,2,7-9H2,1H3,(H,16,18)(H,17,19). The molecule has 0 heterocycles. The van der Waals surface area contributed by atoms with Crippen LogP contribution in [0.3, 0.4) is 0 Å². The lowest BCUT2D eigenvalue weighted by Gasteiger charge is -2.08. The van der Waals surface area contributed by atoms with Crippen molar-refractivity contribution in [2.45, 2.75) is 6.92 Å². The van der Waals surface area contributed by atoms with Crippen LogP contribution in [0.1, 0.15) is 6.92 Å². The predicted molar refractivity (Wildman–Crippen MR) is 79.6 cm³/mol. The Labute approximate surface area is 132 Å². The second-order valence-electron chi connectivity index (χ2n) is 4.14. The second kappa shape index (κ2) is 9.62. The summed E-state index contributed by atoms with van der Waals surface area (Å²) < 4.78 is 9.86. The number of carbonyl (C=O) groups excluding carboxylic acids is 3. The number of rotatable bonds is 8. The van der Waals surface area contributed by atoms with Gasteiger partial charge in [0.15, 0.2) is 13.2 Å². The van der Waals surface area contributed by atoms with Crippen molar-refractivity contribution in [2.75, 3.05) is 26.3 Å². The zero-order valence-electron chi connectivity index (χ0n) is 12.1. The maximum atomic E-state index is 11.4. The predicted octanol–water partition coefficient (Wildman–Crippen LogP) is 0.514. The third-order valence-electron chi connectivity index (χ3n) is 2.34. The molecule has 2 N–H and O–H groups in total. The van der Waals surface area contributed by atoms with E-state index in [1.807, 2.05) is 0 Å². The minimum atomic E-state index is -0.701. The number of amides is 2. The van der Waals surface area contributed by atoms with E-state index in [4.69, 9.17) is 21.1 Å². The van der Waals surface area contributed by atoms with Gasteiger partial charge in [0.1, 0.15) is 5.75 Å². The molecule has 0 aliphatic heterocycles. The van der Waals surface area contributed by atoms with Crippen molar-refractivity contribution in [2.24, 2.45) is 0 Å². The quantitative estimate of drug-likeness (QED) is 0.678. The van der Waals surface area contributed by atoms with Gasteiger partial charge in [-0.25, -0.2) is 4.79 Å². The molecule has 8 heteroatoms. The molecule has 7 nitrogen and oxygen atoms in total. The van der Waals surface area contributed by atoms with Crippen LogP contribution in [-0.2, 0) is 19.1 Å². The van der Waals surface area contributed by atoms with Gasteiger partial charge in [0.2, 0.25) is 5.91 Å². The number of hydrogen-bond acceptors (Lipinski definition) is 5. The van der Waals surface area contributed by atoms with Crippen LogP contribution in [0.15, 0.2) is 24.3 Å². The van der Waals surface area contributed by atoms with Crippen molar-refractivity contribution in [3.8, 4) is 5.75 Å². The number of carbonyl (C=O) groups is 3. The molecular formula is C14H17ClN2O5. The lowest BCUT2D eigenvalue weighted by Crippen LogP contribution is -2.38. The fourth-order valence-corrected chi connectivity index (χ4v) is 1.56. The van der Waals surface area contributed by atoms with E-state index >= 15 is 0 Å². The number of likely N-dealkylation sites (N-methyl/N-ethyl adjacent to an activating group) is 1. The Kier molecular flexibility index (Phi) is 7.77. The molecule has 0 aliphatic carbocycles. The zero-order chi connectivity index (χ0) is 16.4. The summed E-state index contributed by atoms with van der Waals surface area (Å²) >= 11 is 5.76. The molecule has 0 unspecified atom stereocenters. The summed E-state index contributed by atoms with van der Waals surface area (Å²) in [6, 6.07) is 6.54. The smallest absolute Gasteiger partial charge is 0.344 e. The van der Waals surface area contributed by atoms with Crippen LogP contribution in [0.2, 0.25) is 5.02 Å². The van der Waals surface area contributed by atoms with Crippen molar-refractivity contribution in [1.82, 2.24) is 10.6 Å². The molecule has 1 rings (SSSR count). The van der Waals surface area contributed by atoms with E-state index in [1.54, 1.807) is 31.2 Å². The molecule has 0 aliphatic rings. The van der Waals surface area contributed by atoms with Crippen LogP contribution in [0.25, 0.3) is 0 Å². The molecular weight excluding hydrogens is 312 g/mol. The first-order valence-corrected chi connectivity index (χ1v) is 6.96. The van der Waals surface area contributed by atoms with Crippen LogP contribution < -0.4 is 15.4 Å². The summed E-state index contributed by atoms with van der Waals surface area (Å²) in [7, 11) is 0. The van der Waals surface area contributed by atoms with Gasteiger partial charge in [-0.05, 0) is 25.1 Å². The van der Waals surface area contributed by atoms with Crippen molar-refractivity contribution in [3.05, 3.63) is 29.3 Å². The Hall–Kier alpha value is -2.28. The third-order valence-corrected chi connectivity index (χ3v) is 2.57. The Morgan fingerprint density at radius 2 is 1.91 bits per heavy atom. The average molecular weight is 329 g/mol. The number of ether oxygens (including phenoxy) is 2. The number of benzene rings is 1. The van der Waals surface area contributed by atoms with Crippen LogP contribution in [0.4, 0.5) is 0 Å². The first-order chi connectivity index (χ1) is 10.5. The van der Waals surface area contributed by atoms with Crippen LogP contribution >= 0.6 is 11.6 Å². The van der Waals surface area contributed by atoms with Gasteiger partial charge in [0.25, 0.3) is 5.91 Å². The van der Waals surface area contributed by atoms with Crippen molar-refractivity contribution in [3.63, 3.8) is 0 Å². The summed E-state index contributed by atoms with van der Waals surface area (Å²) in [5.74, 6) is -1.16. The van der Waals surface area contributed by atoms with E-state index in [-0.39, 0.29) is 19.1 Å². The minimum absolute atomic E-state index is 0.163. The molecule has 0 fully saturated rings. The van der Waals surface area contributed by atoms with Crippen LogP contribution in [0, 0.1) is 0 Å². The SMILES string of the molecule is CCNC(=O)CNC(=O)COC(=O)COc1cccc(Cl)c1. The Morgan fingerprint density at radius 1 is 1.14 bits per heavy atom. The summed E-state index contributed by atoms with van der Waals surface area (Å²) in [5, 5.41) is 5.32. The third kappa shape index (κ3) is 7.49. The molecule has 0 radical (unpaired) electrons. The summed E-state index contributed by atoms with van der Waals surface area (Å²) in [4.78, 5) is 33.9. The van der Waals surface area contributed by atoms with Crippen LogP contribution in [-0.4, -0.2) is 44.1 Å². The van der Waals surface area contributed by atoms with E-state index in [1.165, 1.54) is 0 Å². The second-order valence-corrected chi connectivity index (χ2v) is 4.57. The van der Waals surface area contributed by atoms with E-state index in [0.717, 1.165) is 0 Å². The van der Waals surface area contributed by atoms with Gasteiger partial charge in [-0.1, -0.05) is 17.7 Å². The molecule has 120 valence electrons.